The van der Waals surface area contributed by atoms with E-state index in [-0.39, 0.29) is 29.8 Å². The van der Waals surface area contributed by atoms with Gasteiger partial charge in [-0.2, -0.15) is 4.31 Å². The van der Waals surface area contributed by atoms with Crippen molar-refractivity contribution in [1.82, 2.24) is 9.62 Å². The lowest BCUT2D eigenvalue weighted by molar-refractivity contribution is -0.126. The van der Waals surface area contributed by atoms with Crippen LogP contribution in [0.4, 0.5) is 0 Å². The molecular weight excluding hydrogens is 398 g/mol. The molecule has 1 heterocycles. The number of carbonyl (C=O) groups excluding carboxylic acids is 1. The number of halogens is 1. The maximum atomic E-state index is 12.9. The van der Waals surface area contributed by atoms with Crippen molar-refractivity contribution in [3.05, 3.63) is 29.3 Å². The van der Waals surface area contributed by atoms with Gasteiger partial charge in [0.25, 0.3) is 0 Å². The van der Waals surface area contributed by atoms with Crippen molar-refractivity contribution in [2.24, 2.45) is 11.7 Å². The highest BCUT2D eigenvalue weighted by Gasteiger charge is 2.33. The van der Waals surface area contributed by atoms with E-state index in [4.69, 9.17) is 5.73 Å². The van der Waals surface area contributed by atoms with E-state index in [2.05, 4.69) is 5.32 Å². The molecule has 1 aliphatic heterocycles. The van der Waals surface area contributed by atoms with Crippen LogP contribution < -0.4 is 11.1 Å². The fourth-order valence-corrected chi connectivity index (χ4v) is 4.84. The van der Waals surface area contributed by atoms with Crippen molar-refractivity contribution in [3.63, 3.8) is 0 Å². The van der Waals surface area contributed by atoms with Crippen LogP contribution in [-0.2, 0) is 14.8 Å². The summed E-state index contributed by atoms with van der Waals surface area (Å²) in [7, 11) is -3.51. The SMILES string of the molecule is CCC(N)(CC)CNC(=O)C1CCN(S(=O)(=O)c2ccc(C)c(C)c2)CC1.Cl. The molecule has 8 heteroatoms. The monoisotopic (exact) mass is 431 g/mol. The summed E-state index contributed by atoms with van der Waals surface area (Å²) in [6.45, 7) is 9.10. The van der Waals surface area contributed by atoms with E-state index in [9.17, 15) is 13.2 Å². The third-order valence-electron chi connectivity index (χ3n) is 5.96. The Bertz CT molecular complexity index is 771. The third-order valence-corrected chi connectivity index (χ3v) is 7.86. The van der Waals surface area contributed by atoms with E-state index in [1.54, 1.807) is 12.1 Å². The molecule has 28 heavy (non-hydrogen) atoms. The average Bonchev–Trinajstić information content (AvgIpc) is 2.68. The molecule has 2 rings (SSSR count). The number of carbonyl (C=O) groups is 1. The molecule has 160 valence electrons. The minimum atomic E-state index is -3.51. The van der Waals surface area contributed by atoms with Crippen LogP contribution in [0.2, 0.25) is 0 Å². The van der Waals surface area contributed by atoms with E-state index in [0.29, 0.717) is 37.4 Å². The second kappa shape index (κ2) is 10.1. The van der Waals surface area contributed by atoms with Gasteiger partial charge in [-0.15, -0.1) is 12.4 Å². The smallest absolute Gasteiger partial charge is 0.243 e. The Morgan fingerprint density at radius 1 is 1.18 bits per heavy atom. The predicted octanol–water partition coefficient (Wildman–Crippen LogP) is 2.76. The summed E-state index contributed by atoms with van der Waals surface area (Å²) in [4.78, 5) is 12.8. The van der Waals surface area contributed by atoms with Gasteiger partial charge in [0.05, 0.1) is 4.90 Å². The second-order valence-electron chi connectivity index (χ2n) is 7.71. The molecule has 0 aliphatic carbocycles. The summed E-state index contributed by atoms with van der Waals surface area (Å²) < 4.78 is 27.2. The van der Waals surface area contributed by atoms with Gasteiger partial charge in [-0.3, -0.25) is 4.79 Å². The molecule has 1 aliphatic rings. The summed E-state index contributed by atoms with van der Waals surface area (Å²) in [6.07, 6.45) is 2.67. The molecule has 0 unspecified atom stereocenters. The van der Waals surface area contributed by atoms with E-state index in [0.717, 1.165) is 24.0 Å². The van der Waals surface area contributed by atoms with E-state index in [1.165, 1.54) is 4.31 Å². The molecule has 0 aromatic heterocycles. The zero-order valence-electron chi connectivity index (χ0n) is 17.3. The van der Waals surface area contributed by atoms with Gasteiger partial charge in [-0.05, 0) is 62.8 Å². The molecule has 1 fully saturated rings. The first-order valence-electron chi connectivity index (χ1n) is 9.77. The standard InChI is InChI=1S/C20H33N3O3S.ClH/c1-5-20(21,6-2)14-22-19(24)17-9-11-23(12-10-17)27(25,26)18-8-7-15(3)16(4)13-18;/h7-8,13,17H,5-6,9-12,14,21H2,1-4H3,(H,22,24);1H. The minimum Gasteiger partial charge on any atom is -0.354 e. The predicted molar refractivity (Wildman–Crippen MR) is 115 cm³/mol. The Labute approximate surface area is 175 Å². The number of nitrogens with zero attached hydrogens (tertiary/aromatic N) is 1. The zero-order chi connectivity index (χ0) is 20.2. The van der Waals surface area contributed by atoms with Crippen molar-refractivity contribution in [3.8, 4) is 0 Å². The molecule has 0 bridgehead atoms. The highest BCUT2D eigenvalue weighted by molar-refractivity contribution is 7.89. The molecule has 1 aromatic rings. The number of amides is 1. The van der Waals surface area contributed by atoms with Gasteiger partial charge in [0, 0.05) is 31.1 Å². The Morgan fingerprint density at radius 2 is 1.75 bits per heavy atom. The summed E-state index contributed by atoms with van der Waals surface area (Å²) in [5.41, 5.74) is 7.90. The molecule has 0 atom stereocenters. The number of hydrogen-bond donors (Lipinski definition) is 2. The number of aryl methyl sites for hydroxylation is 2. The average molecular weight is 432 g/mol. The van der Waals surface area contributed by atoms with Gasteiger partial charge in [-0.1, -0.05) is 19.9 Å². The van der Waals surface area contributed by atoms with Crippen molar-refractivity contribution in [2.45, 2.75) is 63.8 Å². The van der Waals surface area contributed by atoms with Crippen molar-refractivity contribution >= 4 is 28.3 Å². The number of nitrogens with one attached hydrogen (secondary N) is 1. The summed E-state index contributed by atoms with van der Waals surface area (Å²) in [5.74, 6) is -0.177. The first-order valence-corrected chi connectivity index (χ1v) is 11.2. The van der Waals surface area contributed by atoms with Crippen LogP contribution in [-0.4, -0.2) is 43.8 Å². The van der Waals surface area contributed by atoms with Crippen molar-refractivity contribution in [2.75, 3.05) is 19.6 Å². The number of benzene rings is 1. The highest BCUT2D eigenvalue weighted by atomic mass is 35.5. The largest absolute Gasteiger partial charge is 0.354 e. The van der Waals surface area contributed by atoms with Crippen LogP contribution in [0, 0.1) is 19.8 Å². The van der Waals surface area contributed by atoms with Gasteiger partial charge in [0.2, 0.25) is 15.9 Å². The van der Waals surface area contributed by atoms with Gasteiger partial charge >= 0.3 is 0 Å². The van der Waals surface area contributed by atoms with Crippen LogP contribution >= 0.6 is 12.4 Å². The van der Waals surface area contributed by atoms with E-state index in [1.807, 2.05) is 33.8 Å². The Hall–Kier alpha value is -1.15. The number of nitrogens with two attached hydrogens (primary N) is 1. The lowest BCUT2D eigenvalue weighted by Crippen LogP contribution is -2.51. The molecule has 0 saturated carbocycles. The van der Waals surface area contributed by atoms with Crippen molar-refractivity contribution in [1.29, 1.82) is 0 Å². The molecule has 1 saturated heterocycles. The lowest BCUT2D eigenvalue weighted by Gasteiger charge is -2.32. The van der Waals surface area contributed by atoms with Gasteiger partial charge < -0.3 is 11.1 Å². The van der Waals surface area contributed by atoms with Gasteiger partial charge in [-0.25, -0.2) is 8.42 Å². The molecule has 1 amide bonds. The highest BCUT2D eigenvalue weighted by Crippen LogP contribution is 2.25. The number of rotatable bonds is 7. The maximum absolute atomic E-state index is 12.9. The summed E-state index contributed by atoms with van der Waals surface area (Å²) >= 11 is 0. The van der Waals surface area contributed by atoms with E-state index < -0.39 is 10.0 Å². The lowest BCUT2D eigenvalue weighted by atomic mass is 9.93. The van der Waals surface area contributed by atoms with Crippen LogP contribution in [0.15, 0.2) is 23.1 Å². The first kappa shape index (κ1) is 24.9. The van der Waals surface area contributed by atoms with Crippen molar-refractivity contribution < 1.29 is 13.2 Å². The minimum absolute atomic E-state index is 0. The van der Waals surface area contributed by atoms with E-state index >= 15 is 0 Å². The first-order chi connectivity index (χ1) is 12.6. The van der Waals surface area contributed by atoms with Crippen LogP contribution in [0.3, 0.4) is 0 Å². The van der Waals surface area contributed by atoms with Gasteiger partial charge in [0.1, 0.15) is 0 Å². The topological polar surface area (TPSA) is 92.5 Å². The number of sulfonamides is 1. The van der Waals surface area contributed by atoms with Crippen LogP contribution in [0.1, 0.15) is 50.7 Å². The normalized spacial score (nSPS) is 16.5. The zero-order valence-corrected chi connectivity index (χ0v) is 19.0. The number of piperidine rings is 1. The van der Waals surface area contributed by atoms with Crippen LogP contribution in [0.5, 0.6) is 0 Å². The number of hydrogen-bond acceptors (Lipinski definition) is 4. The van der Waals surface area contributed by atoms with Gasteiger partial charge in [0.15, 0.2) is 0 Å². The molecule has 3 N–H and O–H groups in total. The fourth-order valence-electron chi connectivity index (χ4n) is 3.29. The third kappa shape index (κ3) is 5.69. The molecule has 0 radical (unpaired) electrons. The molecular formula is C20H34ClN3O3S. The molecule has 6 nitrogen and oxygen atoms in total. The second-order valence-corrected chi connectivity index (χ2v) is 9.65. The molecule has 0 spiro atoms. The summed E-state index contributed by atoms with van der Waals surface area (Å²) in [6, 6.07) is 5.22. The Kier molecular flexibility index (Phi) is 8.93. The van der Waals surface area contributed by atoms with Crippen LogP contribution in [0.25, 0.3) is 0 Å². The Balaban J connectivity index is 0.00000392. The molecule has 1 aromatic carbocycles. The maximum Gasteiger partial charge on any atom is 0.243 e. The quantitative estimate of drug-likeness (QED) is 0.694. The summed E-state index contributed by atoms with van der Waals surface area (Å²) in [5, 5.41) is 2.96. The Morgan fingerprint density at radius 3 is 2.25 bits per heavy atom. The fraction of sp³-hybridized carbons (Fsp3) is 0.650.